The van der Waals surface area contributed by atoms with Crippen molar-refractivity contribution in [2.45, 2.75) is 44.4 Å². The maximum absolute atomic E-state index is 13.7. The molecular weight excluding hydrogens is 514 g/mol. The highest BCUT2D eigenvalue weighted by molar-refractivity contribution is 7.09. The number of amides is 3. The average molecular weight is 537 g/mol. The molecule has 184 valence electrons. The van der Waals surface area contributed by atoms with Crippen LogP contribution in [0.5, 0.6) is 5.75 Å². The zero-order valence-corrected chi connectivity index (χ0v) is 20.9. The smallest absolute Gasteiger partial charge is 0.319 e. The van der Waals surface area contributed by atoms with Crippen molar-refractivity contribution in [1.82, 2.24) is 15.6 Å². The summed E-state index contributed by atoms with van der Waals surface area (Å²) in [6.45, 7) is 0.0528. The Morgan fingerprint density at radius 1 is 1.03 bits per heavy atom. The summed E-state index contributed by atoms with van der Waals surface area (Å²) in [5.74, 6) is -0.675. The minimum absolute atomic E-state index is 0.0528. The van der Waals surface area contributed by atoms with Crippen molar-refractivity contribution in [3.05, 3.63) is 74.4 Å². The van der Waals surface area contributed by atoms with Crippen LogP contribution in [0.2, 0.25) is 10.0 Å². The molecule has 3 aromatic rings. The maximum atomic E-state index is 13.7. The van der Waals surface area contributed by atoms with Gasteiger partial charge in [0.25, 0.3) is 5.91 Å². The van der Waals surface area contributed by atoms with E-state index in [1.165, 1.54) is 23.5 Å². The van der Waals surface area contributed by atoms with E-state index < -0.39 is 11.8 Å². The largest absolute Gasteiger partial charge is 0.483 e. The molecule has 1 aliphatic rings. The fourth-order valence-electron chi connectivity index (χ4n) is 3.84. The van der Waals surface area contributed by atoms with E-state index in [4.69, 9.17) is 27.9 Å². The van der Waals surface area contributed by atoms with Gasteiger partial charge in [-0.1, -0.05) is 54.2 Å². The molecule has 1 fully saturated rings. The summed E-state index contributed by atoms with van der Waals surface area (Å²) < 4.78 is 19.2. The Hall–Kier alpha value is -2.88. The van der Waals surface area contributed by atoms with Crippen LogP contribution in [-0.2, 0) is 6.61 Å². The number of anilines is 1. The minimum Gasteiger partial charge on any atom is -0.483 e. The first kappa shape index (κ1) is 25.2. The third-order valence-electron chi connectivity index (χ3n) is 5.57. The molecule has 35 heavy (non-hydrogen) atoms. The summed E-state index contributed by atoms with van der Waals surface area (Å²) in [7, 11) is 0. The summed E-state index contributed by atoms with van der Waals surface area (Å²) in [6, 6.07) is 10.1. The van der Waals surface area contributed by atoms with Crippen LogP contribution in [0.15, 0.2) is 47.8 Å². The molecule has 0 unspecified atom stereocenters. The van der Waals surface area contributed by atoms with Gasteiger partial charge < -0.3 is 20.7 Å². The molecule has 3 amide bonds. The van der Waals surface area contributed by atoms with Gasteiger partial charge in [0, 0.05) is 11.4 Å². The highest BCUT2D eigenvalue weighted by Gasteiger charge is 2.29. The third-order valence-corrected chi connectivity index (χ3v) is 7.02. The van der Waals surface area contributed by atoms with E-state index in [-0.39, 0.29) is 36.0 Å². The zero-order chi connectivity index (χ0) is 24.8. The van der Waals surface area contributed by atoms with Gasteiger partial charge in [-0.15, -0.1) is 11.3 Å². The number of rotatable bonds is 7. The Bertz CT molecular complexity index is 1190. The van der Waals surface area contributed by atoms with Gasteiger partial charge in [0.15, 0.2) is 11.6 Å². The molecule has 3 N–H and O–H groups in total. The van der Waals surface area contributed by atoms with Crippen molar-refractivity contribution in [2.75, 3.05) is 5.32 Å². The molecule has 0 saturated heterocycles. The number of carbonyl (C=O) groups is 2. The lowest BCUT2D eigenvalue weighted by molar-refractivity contribution is 0.0911. The second-order valence-electron chi connectivity index (χ2n) is 8.01. The van der Waals surface area contributed by atoms with Crippen LogP contribution in [0.3, 0.4) is 0 Å². The molecule has 2 atom stereocenters. The van der Waals surface area contributed by atoms with Crippen molar-refractivity contribution in [3.63, 3.8) is 0 Å². The lowest BCUT2D eigenvalue weighted by atomic mass is 9.90. The maximum Gasteiger partial charge on any atom is 0.319 e. The standard InChI is InChI=1S/C24H23Cl2FN4O3S/c25-14-6-5-7-15(26)22(14)31-24(33)30-18-10-3-2-9-17(18)29-23(32)19-13-35-21(28-19)12-34-20-11-4-1-8-16(20)27/h1,4-8,11,13,17-18H,2-3,9-10,12H2,(H,29,32)(H2,30,31,33)/t17-,18-/m0/s1. The van der Waals surface area contributed by atoms with Crippen molar-refractivity contribution < 1.29 is 18.7 Å². The van der Waals surface area contributed by atoms with Crippen molar-refractivity contribution in [1.29, 1.82) is 0 Å². The van der Waals surface area contributed by atoms with E-state index in [0.717, 1.165) is 19.3 Å². The van der Waals surface area contributed by atoms with Crippen LogP contribution in [-0.4, -0.2) is 29.0 Å². The van der Waals surface area contributed by atoms with Crippen LogP contribution in [0.25, 0.3) is 0 Å². The molecule has 2 aromatic carbocycles. The monoisotopic (exact) mass is 536 g/mol. The first-order valence-electron chi connectivity index (χ1n) is 11.0. The summed E-state index contributed by atoms with van der Waals surface area (Å²) >= 11 is 13.5. The second kappa shape index (κ2) is 11.7. The Labute approximate surface area is 216 Å². The Balaban J connectivity index is 1.33. The summed E-state index contributed by atoms with van der Waals surface area (Å²) in [5.41, 5.74) is 0.580. The van der Waals surface area contributed by atoms with Gasteiger partial charge in [-0.05, 0) is 37.1 Å². The molecule has 1 aliphatic carbocycles. The second-order valence-corrected chi connectivity index (χ2v) is 9.77. The zero-order valence-electron chi connectivity index (χ0n) is 18.5. The summed E-state index contributed by atoms with van der Waals surface area (Å²) in [4.78, 5) is 29.7. The molecule has 0 spiro atoms. The topological polar surface area (TPSA) is 92.4 Å². The minimum atomic E-state index is -0.460. The lowest BCUT2D eigenvalue weighted by Gasteiger charge is -2.32. The quantitative estimate of drug-likeness (QED) is 0.343. The molecule has 0 aliphatic heterocycles. The molecule has 11 heteroatoms. The Kier molecular flexibility index (Phi) is 8.43. The lowest BCUT2D eigenvalue weighted by Crippen LogP contribution is -2.54. The Morgan fingerprint density at radius 2 is 1.71 bits per heavy atom. The van der Waals surface area contributed by atoms with Gasteiger partial charge in [0.1, 0.15) is 17.3 Å². The number of halogens is 3. The average Bonchev–Trinajstić information content (AvgIpc) is 3.32. The number of urea groups is 1. The fourth-order valence-corrected chi connectivity index (χ4v) is 5.01. The van der Waals surface area contributed by atoms with E-state index in [2.05, 4.69) is 20.9 Å². The predicted octanol–water partition coefficient (Wildman–Crippen LogP) is 6.03. The third kappa shape index (κ3) is 6.62. The van der Waals surface area contributed by atoms with Crippen molar-refractivity contribution >= 4 is 52.2 Å². The number of ether oxygens (including phenoxy) is 1. The molecule has 0 bridgehead atoms. The number of thiazole rings is 1. The number of carbonyl (C=O) groups excluding carboxylic acids is 2. The highest BCUT2D eigenvalue weighted by atomic mass is 35.5. The van der Waals surface area contributed by atoms with Crippen molar-refractivity contribution in [3.8, 4) is 5.75 Å². The number of hydrogen-bond donors (Lipinski definition) is 3. The van der Waals surface area contributed by atoms with E-state index in [9.17, 15) is 14.0 Å². The molecule has 4 rings (SSSR count). The van der Waals surface area contributed by atoms with Crippen molar-refractivity contribution in [2.24, 2.45) is 0 Å². The number of benzene rings is 2. The van der Waals surface area contributed by atoms with Crippen LogP contribution >= 0.6 is 34.5 Å². The molecule has 1 saturated carbocycles. The van der Waals surface area contributed by atoms with Crippen LogP contribution in [0.4, 0.5) is 14.9 Å². The number of nitrogens with one attached hydrogen (secondary N) is 3. The van der Waals surface area contributed by atoms with Gasteiger partial charge in [0.2, 0.25) is 0 Å². The van der Waals surface area contributed by atoms with Gasteiger partial charge in [-0.25, -0.2) is 14.2 Å². The van der Waals surface area contributed by atoms with Crippen LogP contribution < -0.4 is 20.7 Å². The number of aromatic nitrogens is 1. The van der Waals surface area contributed by atoms with E-state index >= 15 is 0 Å². The fraction of sp³-hybridized carbons (Fsp3) is 0.292. The Morgan fingerprint density at radius 3 is 2.43 bits per heavy atom. The van der Waals surface area contributed by atoms with Gasteiger partial charge in [-0.3, -0.25) is 4.79 Å². The first-order chi connectivity index (χ1) is 16.9. The molecule has 1 heterocycles. The van der Waals surface area contributed by atoms with E-state index in [0.29, 0.717) is 27.2 Å². The van der Waals surface area contributed by atoms with Gasteiger partial charge >= 0.3 is 6.03 Å². The van der Waals surface area contributed by atoms with Gasteiger partial charge in [0.05, 0.1) is 21.8 Å². The number of nitrogens with zero attached hydrogens (tertiary/aromatic N) is 1. The van der Waals surface area contributed by atoms with Crippen LogP contribution in [0.1, 0.15) is 41.2 Å². The summed E-state index contributed by atoms with van der Waals surface area (Å²) in [6.07, 6.45) is 3.29. The number of hydrogen-bond acceptors (Lipinski definition) is 5. The summed E-state index contributed by atoms with van der Waals surface area (Å²) in [5, 5.41) is 11.4. The number of para-hydroxylation sites is 2. The van der Waals surface area contributed by atoms with E-state index in [1.807, 2.05) is 0 Å². The molecule has 7 nitrogen and oxygen atoms in total. The van der Waals surface area contributed by atoms with E-state index in [1.54, 1.807) is 35.7 Å². The highest BCUT2D eigenvalue weighted by Crippen LogP contribution is 2.30. The van der Waals surface area contributed by atoms with Crippen LogP contribution in [0, 0.1) is 5.82 Å². The molecule has 0 radical (unpaired) electrons. The van der Waals surface area contributed by atoms with Gasteiger partial charge in [-0.2, -0.15) is 0 Å². The molecule has 1 aromatic heterocycles. The first-order valence-corrected chi connectivity index (χ1v) is 12.7. The molecular formula is C24H23Cl2FN4O3S. The SMILES string of the molecule is O=C(Nc1c(Cl)cccc1Cl)N[C@H]1CCCC[C@@H]1NC(=O)c1csc(COc2ccccc2F)n1. The normalized spacial score (nSPS) is 17.5. The predicted molar refractivity (Wildman–Crippen MR) is 135 cm³/mol.